The number of carbonyl (C=O) groups is 3. The van der Waals surface area contributed by atoms with Crippen LogP contribution in [0.1, 0.15) is 18.1 Å². The predicted octanol–water partition coefficient (Wildman–Crippen LogP) is 2.94. The van der Waals surface area contributed by atoms with E-state index in [2.05, 4.69) is 11.2 Å². The van der Waals surface area contributed by atoms with E-state index in [1.54, 1.807) is 30.3 Å². The molecule has 0 atom stereocenters. The standard InChI is InChI=1S/C23H20N2O5/c1-4-12-30-20-14-17(29-3)11-10-16(20)13-18-21(26)24-23(28)25(22(18)27)19-9-7-6-8-15(19)5-2/h1,6-11,13-14H,5,12H2,2-3H3,(H,24,26,28)/b18-13-. The van der Waals surface area contributed by atoms with Crippen LogP contribution < -0.4 is 19.7 Å². The second-order valence-electron chi connectivity index (χ2n) is 6.34. The van der Waals surface area contributed by atoms with Gasteiger partial charge in [0.25, 0.3) is 11.8 Å². The zero-order valence-corrected chi connectivity index (χ0v) is 16.6. The smallest absolute Gasteiger partial charge is 0.335 e. The number of hydrogen-bond acceptors (Lipinski definition) is 5. The number of carbonyl (C=O) groups excluding carboxylic acids is 3. The molecule has 7 nitrogen and oxygen atoms in total. The Morgan fingerprint density at radius 3 is 2.63 bits per heavy atom. The zero-order valence-electron chi connectivity index (χ0n) is 16.6. The first-order valence-corrected chi connectivity index (χ1v) is 9.23. The Hall–Kier alpha value is -4.05. The topological polar surface area (TPSA) is 84.9 Å². The second-order valence-corrected chi connectivity index (χ2v) is 6.34. The number of hydrogen-bond donors (Lipinski definition) is 1. The molecular weight excluding hydrogens is 384 g/mol. The summed E-state index contributed by atoms with van der Waals surface area (Å²) in [5.74, 6) is 1.73. The van der Waals surface area contributed by atoms with E-state index >= 15 is 0 Å². The van der Waals surface area contributed by atoms with E-state index in [1.807, 2.05) is 19.1 Å². The van der Waals surface area contributed by atoms with E-state index in [9.17, 15) is 14.4 Å². The fourth-order valence-corrected chi connectivity index (χ4v) is 3.07. The number of urea groups is 1. The lowest BCUT2D eigenvalue weighted by Crippen LogP contribution is -2.54. The maximum atomic E-state index is 13.1. The summed E-state index contributed by atoms with van der Waals surface area (Å²) in [6.07, 6.45) is 7.25. The molecule has 152 valence electrons. The first-order chi connectivity index (χ1) is 14.5. The number of anilines is 1. The molecule has 1 heterocycles. The van der Waals surface area contributed by atoms with Crippen LogP contribution in [0.25, 0.3) is 6.08 Å². The molecule has 3 rings (SSSR count). The number of methoxy groups -OCH3 is 1. The summed E-state index contributed by atoms with van der Waals surface area (Å²) in [7, 11) is 1.51. The van der Waals surface area contributed by atoms with Gasteiger partial charge in [0, 0.05) is 11.6 Å². The highest BCUT2D eigenvalue weighted by molar-refractivity contribution is 6.39. The minimum absolute atomic E-state index is 0.00201. The summed E-state index contributed by atoms with van der Waals surface area (Å²) in [6.45, 7) is 1.91. The van der Waals surface area contributed by atoms with Gasteiger partial charge in [-0.1, -0.05) is 31.0 Å². The molecule has 0 aliphatic carbocycles. The maximum absolute atomic E-state index is 13.1. The van der Waals surface area contributed by atoms with Gasteiger partial charge in [0.15, 0.2) is 0 Å². The van der Waals surface area contributed by atoms with Gasteiger partial charge in [0.1, 0.15) is 23.7 Å². The van der Waals surface area contributed by atoms with Crippen LogP contribution in [-0.4, -0.2) is 31.6 Å². The normalized spacial score (nSPS) is 15.0. The summed E-state index contributed by atoms with van der Waals surface area (Å²) in [5.41, 5.74) is 1.48. The number of nitrogens with zero attached hydrogens (tertiary/aromatic N) is 1. The Kier molecular flexibility index (Phi) is 6.18. The first-order valence-electron chi connectivity index (χ1n) is 9.23. The van der Waals surface area contributed by atoms with Gasteiger partial charge in [-0.15, -0.1) is 6.42 Å². The Morgan fingerprint density at radius 1 is 1.17 bits per heavy atom. The van der Waals surface area contributed by atoms with Crippen LogP contribution in [0.3, 0.4) is 0 Å². The molecule has 0 saturated carbocycles. The maximum Gasteiger partial charge on any atom is 0.335 e. The summed E-state index contributed by atoms with van der Waals surface area (Å²) in [4.78, 5) is 39.0. The molecule has 0 aromatic heterocycles. The van der Waals surface area contributed by atoms with Gasteiger partial charge in [-0.2, -0.15) is 0 Å². The molecule has 0 bridgehead atoms. The van der Waals surface area contributed by atoms with Crippen molar-refractivity contribution in [2.75, 3.05) is 18.6 Å². The molecule has 30 heavy (non-hydrogen) atoms. The molecule has 7 heteroatoms. The van der Waals surface area contributed by atoms with Gasteiger partial charge in [0.05, 0.1) is 12.8 Å². The Labute approximate surface area is 174 Å². The van der Waals surface area contributed by atoms with Crippen molar-refractivity contribution in [3.05, 3.63) is 59.2 Å². The number of ether oxygens (including phenoxy) is 2. The van der Waals surface area contributed by atoms with Crippen LogP contribution in [0.5, 0.6) is 11.5 Å². The second kappa shape index (κ2) is 8.97. The lowest BCUT2D eigenvalue weighted by Gasteiger charge is -2.28. The number of benzene rings is 2. The molecule has 2 aromatic rings. The number of amides is 4. The number of imide groups is 2. The highest BCUT2D eigenvalue weighted by atomic mass is 16.5. The molecule has 0 radical (unpaired) electrons. The average Bonchev–Trinajstić information content (AvgIpc) is 2.75. The lowest BCUT2D eigenvalue weighted by molar-refractivity contribution is -0.122. The van der Waals surface area contributed by atoms with E-state index in [0.717, 1.165) is 10.5 Å². The van der Waals surface area contributed by atoms with Gasteiger partial charge >= 0.3 is 6.03 Å². The Balaban J connectivity index is 2.06. The number of nitrogens with one attached hydrogen (secondary N) is 1. The van der Waals surface area contributed by atoms with Crippen LogP contribution in [0, 0.1) is 12.3 Å². The van der Waals surface area contributed by atoms with Crippen molar-refractivity contribution >= 4 is 29.6 Å². The molecule has 1 N–H and O–H groups in total. The van der Waals surface area contributed by atoms with Gasteiger partial charge in [-0.3, -0.25) is 14.9 Å². The van der Waals surface area contributed by atoms with Crippen LogP contribution in [0.15, 0.2) is 48.0 Å². The molecule has 1 saturated heterocycles. The van der Waals surface area contributed by atoms with Crippen molar-refractivity contribution in [3.63, 3.8) is 0 Å². The van der Waals surface area contributed by atoms with Crippen LogP contribution in [-0.2, 0) is 16.0 Å². The monoisotopic (exact) mass is 404 g/mol. The summed E-state index contributed by atoms with van der Waals surface area (Å²) in [6, 6.07) is 11.1. The number of aryl methyl sites for hydroxylation is 1. The zero-order chi connectivity index (χ0) is 21.7. The fourth-order valence-electron chi connectivity index (χ4n) is 3.07. The highest BCUT2D eigenvalue weighted by Gasteiger charge is 2.37. The third kappa shape index (κ3) is 4.03. The molecule has 1 fully saturated rings. The molecular formula is C23H20N2O5. The number of terminal acetylenes is 1. The van der Waals surface area contributed by atoms with Crippen molar-refractivity contribution in [2.45, 2.75) is 13.3 Å². The summed E-state index contributed by atoms with van der Waals surface area (Å²) < 4.78 is 10.7. The van der Waals surface area contributed by atoms with E-state index in [1.165, 1.54) is 13.2 Å². The van der Waals surface area contributed by atoms with Crippen molar-refractivity contribution in [1.82, 2.24) is 5.32 Å². The Bertz CT molecular complexity index is 1080. The van der Waals surface area contributed by atoms with Crippen molar-refractivity contribution in [1.29, 1.82) is 0 Å². The Morgan fingerprint density at radius 2 is 1.93 bits per heavy atom. The minimum Gasteiger partial charge on any atom is -0.497 e. The van der Waals surface area contributed by atoms with Crippen molar-refractivity contribution < 1.29 is 23.9 Å². The first kappa shape index (κ1) is 20.7. The summed E-state index contributed by atoms with van der Waals surface area (Å²) in [5, 5.41) is 2.23. The predicted molar refractivity (Wildman–Crippen MR) is 112 cm³/mol. The number of barbiturate groups is 1. The largest absolute Gasteiger partial charge is 0.497 e. The van der Waals surface area contributed by atoms with Gasteiger partial charge < -0.3 is 9.47 Å². The SMILES string of the molecule is C#CCOc1cc(OC)ccc1/C=C1/C(=O)NC(=O)N(c2ccccc2CC)C1=O. The number of rotatable bonds is 6. The number of para-hydroxylation sites is 1. The molecule has 2 aromatic carbocycles. The van der Waals surface area contributed by atoms with Gasteiger partial charge in [-0.05, 0) is 36.3 Å². The fraction of sp³-hybridized carbons (Fsp3) is 0.174. The van der Waals surface area contributed by atoms with E-state index in [0.29, 0.717) is 29.2 Å². The van der Waals surface area contributed by atoms with Gasteiger partial charge in [0.2, 0.25) is 0 Å². The average molecular weight is 404 g/mol. The summed E-state index contributed by atoms with van der Waals surface area (Å²) >= 11 is 0. The third-order valence-corrected chi connectivity index (χ3v) is 4.55. The highest BCUT2D eigenvalue weighted by Crippen LogP contribution is 2.30. The third-order valence-electron chi connectivity index (χ3n) is 4.55. The van der Waals surface area contributed by atoms with E-state index in [4.69, 9.17) is 15.9 Å². The van der Waals surface area contributed by atoms with Crippen LogP contribution in [0.2, 0.25) is 0 Å². The molecule has 1 aliphatic rings. The molecule has 0 spiro atoms. The van der Waals surface area contributed by atoms with Crippen molar-refractivity contribution in [2.24, 2.45) is 0 Å². The van der Waals surface area contributed by atoms with Crippen LogP contribution >= 0.6 is 0 Å². The van der Waals surface area contributed by atoms with E-state index in [-0.39, 0.29) is 12.2 Å². The minimum atomic E-state index is -0.790. The lowest BCUT2D eigenvalue weighted by atomic mass is 10.0. The quantitative estimate of drug-likeness (QED) is 0.455. The van der Waals surface area contributed by atoms with Gasteiger partial charge in [-0.25, -0.2) is 9.69 Å². The van der Waals surface area contributed by atoms with Crippen LogP contribution in [0.4, 0.5) is 10.5 Å². The molecule has 4 amide bonds. The van der Waals surface area contributed by atoms with Crippen molar-refractivity contribution in [3.8, 4) is 23.8 Å². The molecule has 1 aliphatic heterocycles. The molecule has 0 unspecified atom stereocenters. The van der Waals surface area contributed by atoms with E-state index < -0.39 is 17.8 Å².